The maximum absolute atomic E-state index is 10.3. The summed E-state index contributed by atoms with van der Waals surface area (Å²) in [7, 11) is 0. The zero-order chi connectivity index (χ0) is 8.97. The van der Waals surface area contributed by atoms with Gasteiger partial charge in [0.25, 0.3) is 0 Å². The fraction of sp³-hybridized carbons (Fsp3) is 0.222. The molecular weight excluding hydrogens is 154 g/mol. The summed E-state index contributed by atoms with van der Waals surface area (Å²) in [6.45, 7) is 2.00. The summed E-state index contributed by atoms with van der Waals surface area (Å²) in [4.78, 5) is 10.3. The fourth-order valence-corrected chi connectivity index (χ4v) is 0.838. The van der Waals surface area contributed by atoms with Crippen molar-refractivity contribution < 1.29 is 9.21 Å². The van der Waals surface area contributed by atoms with Crippen LogP contribution in [0.2, 0.25) is 0 Å². The van der Waals surface area contributed by atoms with Crippen LogP contribution < -0.4 is 5.73 Å². The van der Waals surface area contributed by atoms with Gasteiger partial charge in [-0.25, -0.2) is 0 Å². The Balaban J connectivity index is 2.70. The molecule has 0 spiro atoms. The molecule has 0 aromatic carbocycles. The maximum atomic E-state index is 10.3. The van der Waals surface area contributed by atoms with Crippen LogP contribution in [0.25, 0.3) is 6.08 Å². The number of carbonyl (C=O) groups excluding carboxylic acids is 1. The Morgan fingerprint density at radius 1 is 1.67 bits per heavy atom. The lowest BCUT2D eigenvalue weighted by Crippen LogP contribution is -2.04. The monoisotopic (exact) mass is 165 g/mol. The predicted octanol–water partition coefficient (Wildman–Crippen LogP) is 1.34. The Morgan fingerprint density at radius 3 is 2.92 bits per heavy atom. The van der Waals surface area contributed by atoms with Crippen LogP contribution in [-0.4, -0.2) is 5.91 Å². The first-order valence-corrected chi connectivity index (χ1v) is 3.78. The van der Waals surface area contributed by atoms with Crippen LogP contribution >= 0.6 is 0 Å². The molecule has 1 aromatic heterocycles. The minimum atomic E-state index is -0.468. The van der Waals surface area contributed by atoms with Crippen molar-refractivity contribution in [2.75, 3.05) is 0 Å². The number of hydrogen-bond acceptors (Lipinski definition) is 2. The van der Waals surface area contributed by atoms with Crippen molar-refractivity contribution in [2.45, 2.75) is 13.3 Å². The molecule has 1 aromatic rings. The predicted molar refractivity (Wildman–Crippen MR) is 46.3 cm³/mol. The van der Waals surface area contributed by atoms with Gasteiger partial charge in [0.15, 0.2) is 0 Å². The molecule has 3 heteroatoms. The first-order valence-electron chi connectivity index (χ1n) is 3.78. The third-order valence-corrected chi connectivity index (χ3v) is 1.44. The summed E-state index contributed by atoms with van der Waals surface area (Å²) in [5, 5.41) is 0. The Kier molecular flexibility index (Phi) is 2.69. The van der Waals surface area contributed by atoms with Gasteiger partial charge in [0.1, 0.15) is 11.5 Å². The normalized spacial score (nSPS) is 10.8. The molecule has 12 heavy (non-hydrogen) atoms. The highest BCUT2D eigenvalue weighted by Crippen LogP contribution is 2.09. The highest BCUT2D eigenvalue weighted by atomic mass is 16.3. The van der Waals surface area contributed by atoms with Gasteiger partial charge in [-0.3, -0.25) is 4.79 Å². The van der Waals surface area contributed by atoms with E-state index in [9.17, 15) is 4.79 Å². The van der Waals surface area contributed by atoms with Crippen molar-refractivity contribution in [1.29, 1.82) is 0 Å². The van der Waals surface area contributed by atoms with Crippen molar-refractivity contribution in [3.63, 3.8) is 0 Å². The van der Waals surface area contributed by atoms with E-state index < -0.39 is 5.91 Å². The summed E-state index contributed by atoms with van der Waals surface area (Å²) >= 11 is 0. The van der Waals surface area contributed by atoms with Crippen molar-refractivity contribution in [3.05, 3.63) is 29.7 Å². The second-order valence-corrected chi connectivity index (χ2v) is 2.39. The molecule has 1 amide bonds. The van der Waals surface area contributed by atoms with E-state index in [2.05, 4.69) is 0 Å². The number of furan rings is 1. The van der Waals surface area contributed by atoms with E-state index in [1.54, 1.807) is 12.1 Å². The van der Waals surface area contributed by atoms with Crippen LogP contribution in [-0.2, 0) is 11.2 Å². The van der Waals surface area contributed by atoms with Crippen LogP contribution in [0.4, 0.5) is 0 Å². The van der Waals surface area contributed by atoms with Gasteiger partial charge in [0.2, 0.25) is 5.91 Å². The van der Waals surface area contributed by atoms with Crippen LogP contribution in [0, 0.1) is 0 Å². The third-order valence-electron chi connectivity index (χ3n) is 1.44. The minimum Gasteiger partial charge on any atom is -0.462 e. The molecule has 0 saturated heterocycles. The summed E-state index contributed by atoms with van der Waals surface area (Å²) in [6, 6.07) is 3.68. The average Bonchev–Trinajstić information content (AvgIpc) is 2.48. The van der Waals surface area contributed by atoms with E-state index in [0.29, 0.717) is 5.76 Å². The number of aryl methyl sites for hydroxylation is 1. The van der Waals surface area contributed by atoms with Crippen LogP contribution in [0.1, 0.15) is 18.4 Å². The lowest BCUT2D eigenvalue weighted by atomic mass is 10.3. The Morgan fingerprint density at radius 2 is 2.42 bits per heavy atom. The quantitative estimate of drug-likeness (QED) is 0.687. The number of rotatable bonds is 3. The summed E-state index contributed by atoms with van der Waals surface area (Å²) in [6.07, 6.45) is 3.68. The van der Waals surface area contributed by atoms with E-state index in [-0.39, 0.29) is 0 Å². The van der Waals surface area contributed by atoms with E-state index in [1.165, 1.54) is 6.08 Å². The number of nitrogens with two attached hydrogens (primary N) is 1. The lowest BCUT2D eigenvalue weighted by molar-refractivity contribution is -0.113. The summed E-state index contributed by atoms with van der Waals surface area (Å²) < 4.78 is 5.29. The van der Waals surface area contributed by atoms with Gasteiger partial charge >= 0.3 is 0 Å². The Labute approximate surface area is 70.9 Å². The maximum Gasteiger partial charge on any atom is 0.241 e. The van der Waals surface area contributed by atoms with Crippen LogP contribution in [0.3, 0.4) is 0 Å². The number of amides is 1. The van der Waals surface area contributed by atoms with Crippen molar-refractivity contribution >= 4 is 12.0 Å². The number of primary amides is 1. The standard InChI is InChI=1S/C9H11NO2/c1-2-7-3-4-8(12-7)5-6-9(10)11/h3-6H,2H2,1H3,(H2,10,11)/b6-5+. The van der Waals surface area contributed by atoms with Gasteiger partial charge in [-0.2, -0.15) is 0 Å². The van der Waals surface area contributed by atoms with E-state index in [0.717, 1.165) is 12.2 Å². The summed E-state index contributed by atoms with van der Waals surface area (Å²) in [5.74, 6) is 1.09. The highest BCUT2D eigenvalue weighted by molar-refractivity contribution is 5.89. The van der Waals surface area contributed by atoms with Gasteiger partial charge in [-0.1, -0.05) is 6.92 Å². The molecule has 64 valence electrons. The van der Waals surface area contributed by atoms with E-state index >= 15 is 0 Å². The second kappa shape index (κ2) is 3.76. The molecule has 0 fully saturated rings. The molecular formula is C9H11NO2. The van der Waals surface area contributed by atoms with Crippen LogP contribution in [0.5, 0.6) is 0 Å². The molecule has 0 unspecified atom stereocenters. The third kappa shape index (κ3) is 2.27. The average molecular weight is 165 g/mol. The Bertz CT molecular complexity index is 299. The topological polar surface area (TPSA) is 56.2 Å². The van der Waals surface area contributed by atoms with Crippen molar-refractivity contribution in [2.24, 2.45) is 5.73 Å². The molecule has 1 heterocycles. The van der Waals surface area contributed by atoms with Gasteiger partial charge in [-0.15, -0.1) is 0 Å². The molecule has 0 aliphatic heterocycles. The smallest absolute Gasteiger partial charge is 0.241 e. The van der Waals surface area contributed by atoms with Gasteiger partial charge in [0, 0.05) is 12.5 Å². The molecule has 3 nitrogen and oxygen atoms in total. The number of carbonyl (C=O) groups is 1. The molecule has 0 aliphatic rings. The van der Waals surface area contributed by atoms with E-state index in [1.807, 2.05) is 13.0 Å². The molecule has 1 rings (SSSR count). The largest absolute Gasteiger partial charge is 0.462 e. The summed E-state index contributed by atoms with van der Waals surface area (Å²) in [5.41, 5.74) is 4.91. The fourth-order valence-electron chi connectivity index (χ4n) is 0.838. The highest BCUT2D eigenvalue weighted by Gasteiger charge is 1.95. The van der Waals surface area contributed by atoms with Gasteiger partial charge in [0.05, 0.1) is 0 Å². The first-order chi connectivity index (χ1) is 5.72. The van der Waals surface area contributed by atoms with Crippen LogP contribution in [0.15, 0.2) is 22.6 Å². The molecule has 0 aliphatic carbocycles. The molecule has 2 N–H and O–H groups in total. The van der Waals surface area contributed by atoms with E-state index in [4.69, 9.17) is 10.2 Å². The molecule has 0 saturated carbocycles. The first kappa shape index (κ1) is 8.59. The zero-order valence-corrected chi connectivity index (χ0v) is 6.91. The van der Waals surface area contributed by atoms with Crippen molar-refractivity contribution in [3.8, 4) is 0 Å². The van der Waals surface area contributed by atoms with Gasteiger partial charge in [-0.05, 0) is 18.2 Å². The molecule has 0 atom stereocenters. The molecule has 0 radical (unpaired) electrons. The zero-order valence-electron chi connectivity index (χ0n) is 6.91. The minimum absolute atomic E-state index is 0.468. The molecule has 0 bridgehead atoms. The van der Waals surface area contributed by atoms with Gasteiger partial charge < -0.3 is 10.2 Å². The second-order valence-electron chi connectivity index (χ2n) is 2.39. The van der Waals surface area contributed by atoms with Crippen molar-refractivity contribution in [1.82, 2.24) is 0 Å². The Hall–Kier alpha value is -1.51. The lowest BCUT2D eigenvalue weighted by Gasteiger charge is -1.85. The number of hydrogen-bond donors (Lipinski definition) is 1. The SMILES string of the molecule is CCc1ccc(/C=C/C(N)=O)o1.